The van der Waals surface area contributed by atoms with E-state index in [0.717, 1.165) is 30.9 Å². The van der Waals surface area contributed by atoms with E-state index in [4.69, 9.17) is 0 Å². The number of rotatable bonds is 6. The minimum atomic E-state index is 0.826. The zero-order valence-corrected chi connectivity index (χ0v) is 12.8. The lowest BCUT2D eigenvalue weighted by atomic mass is 10.2. The molecule has 0 aliphatic carbocycles. The number of aryl methyl sites for hydroxylation is 2. The van der Waals surface area contributed by atoms with Gasteiger partial charge in [0.05, 0.1) is 11.4 Å². The van der Waals surface area contributed by atoms with Gasteiger partial charge in [-0.15, -0.1) is 0 Å². The molecule has 0 fully saturated rings. The van der Waals surface area contributed by atoms with Crippen molar-refractivity contribution in [3.05, 3.63) is 41.7 Å². The van der Waals surface area contributed by atoms with Gasteiger partial charge in [-0.1, -0.05) is 19.1 Å². The van der Waals surface area contributed by atoms with Gasteiger partial charge in [-0.25, -0.2) is 0 Å². The first-order valence-corrected chi connectivity index (χ1v) is 7.14. The third kappa shape index (κ3) is 3.53. The summed E-state index contributed by atoms with van der Waals surface area (Å²) < 4.78 is 2.01. The zero-order chi connectivity index (χ0) is 14.5. The van der Waals surface area contributed by atoms with Crippen LogP contribution in [0.1, 0.15) is 24.6 Å². The van der Waals surface area contributed by atoms with Crippen molar-refractivity contribution in [3.8, 4) is 0 Å². The summed E-state index contributed by atoms with van der Waals surface area (Å²) >= 11 is 0. The molecule has 0 unspecified atom stereocenters. The van der Waals surface area contributed by atoms with E-state index >= 15 is 0 Å². The number of nitrogens with zero attached hydrogens (tertiary/aromatic N) is 3. The summed E-state index contributed by atoms with van der Waals surface area (Å²) in [6.45, 7) is 6.01. The fourth-order valence-corrected chi connectivity index (χ4v) is 2.14. The molecule has 0 saturated heterocycles. The summed E-state index contributed by atoms with van der Waals surface area (Å²) in [4.78, 5) is 2.11. The highest BCUT2D eigenvalue weighted by molar-refractivity contribution is 5.48. The maximum Gasteiger partial charge on any atom is 0.0825 e. The van der Waals surface area contributed by atoms with Gasteiger partial charge in [0.2, 0.25) is 0 Å². The SMILES string of the molecule is CCCn1cc(NCc2ccc(N(C)C)cc2)c(C)n1. The molecule has 0 bridgehead atoms. The second-order valence-electron chi connectivity index (χ2n) is 5.31. The highest BCUT2D eigenvalue weighted by Gasteiger charge is 2.04. The van der Waals surface area contributed by atoms with Gasteiger partial charge in [0.25, 0.3) is 0 Å². The van der Waals surface area contributed by atoms with Crippen molar-refractivity contribution in [2.75, 3.05) is 24.3 Å². The molecular formula is C16H24N4. The molecule has 1 aromatic heterocycles. The molecule has 1 aromatic carbocycles. The van der Waals surface area contributed by atoms with Crippen LogP contribution in [0, 0.1) is 6.92 Å². The van der Waals surface area contributed by atoms with Crippen LogP contribution in [0.2, 0.25) is 0 Å². The number of hydrogen-bond donors (Lipinski definition) is 1. The van der Waals surface area contributed by atoms with Gasteiger partial charge in [-0.3, -0.25) is 4.68 Å². The molecule has 4 nitrogen and oxygen atoms in total. The van der Waals surface area contributed by atoms with Crippen LogP contribution in [0.25, 0.3) is 0 Å². The van der Waals surface area contributed by atoms with E-state index in [1.165, 1.54) is 11.3 Å². The monoisotopic (exact) mass is 272 g/mol. The van der Waals surface area contributed by atoms with Crippen molar-refractivity contribution >= 4 is 11.4 Å². The Morgan fingerprint density at radius 3 is 2.50 bits per heavy atom. The van der Waals surface area contributed by atoms with Crippen molar-refractivity contribution in [2.45, 2.75) is 33.4 Å². The van der Waals surface area contributed by atoms with Gasteiger partial charge in [-0.2, -0.15) is 5.10 Å². The first-order chi connectivity index (χ1) is 9.60. The van der Waals surface area contributed by atoms with Crippen molar-refractivity contribution in [3.63, 3.8) is 0 Å². The molecule has 0 aliphatic heterocycles. The summed E-state index contributed by atoms with van der Waals surface area (Å²) in [5.74, 6) is 0. The Morgan fingerprint density at radius 2 is 1.90 bits per heavy atom. The Hall–Kier alpha value is -1.97. The Kier molecular flexibility index (Phi) is 4.66. The Balaban J connectivity index is 1.97. The molecule has 2 aromatic rings. The molecule has 2 rings (SSSR count). The van der Waals surface area contributed by atoms with E-state index in [1.807, 2.05) is 11.6 Å². The van der Waals surface area contributed by atoms with E-state index in [-0.39, 0.29) is 0 Å². The van der Waals surface area contributed by atoms with Gasteiger partial charge in [-0.05, 0) is 31.0 Å². The number of aromatic nitrogens is 2. The third-order valence-electron chi connectivity index (χ3n) is 3.33. The fraction of sp³-hybridized carbons (Fsp3) is 0.438. The first kappa shape index (κ1) is 14.4. The summed E-state index contributed by atoms with van der Waals surface area (Å²) in [6, 6.07) is 8.61. The summed E-state index contributed by atoms with van der Waals surface area (Å²) in [5.41, 5.74) is 4.68. The van der Waals surface area contributed by atoms with Crippen molar-refractivity contribution in [1.82, 2.24) is 9.78 Å². The van der Waals surface area contributed by atoms with Crippen LogP contribution < -0.4 is 10.2 Å². The van der Waals surface area contributed by atoms with Crippen molar-refractivity contribution in [2.24, 2.45) is 0 Å². The normalized spacial score (nSPS) is 10.6. The number of nitrogens with one attached hydrogen (secondary N) is 1. The Labute approximate surface area is 121 Å². The molecule has 0 spiro atoms. The molecule has 4 heteroatoms. The van der Waals surface area contributed by atoms with Gasteiger partial charge in [0.1, 0.15) is 0 Å². The fourth-order valence-electron chi connectivity index (χ4n) is 2.14. The van der Waals surface area contributed by atoms with Crippen LogP contribution in [-0.2, 0) is 13.1 Å². The lowest BCUT2D eigenvalue weighted by Gasteiger charge is -2.13. The standard InChI is InChI=1S/C16H24N4/c1-5-10-20-12-16(13(2)18-20)17-11-14-6-8-15(9-7-14)19(3)4/h6-9,12,17H,5,10-11H2,1-4H3. The molecule has 0 aliphatic rings. The molecule has 1 N–H and O–H groups in total. The van der Waals surface area contributed by atoms with Crippen LogP contribution in [0.5, 0.6) is 0 Å². The quantitative estimate of drug-likeness (QED) is 0.876. The highest BCUT2D eigenvalue weighted by Crippen LogP contribution is 2.16. The van der Waals surface area contributed by atoms with Crippen LogP contribution in [0.3, 0.4) is 0 Å². The highest BCUT2D eigenvalue weighted by atomic mass is 15.3. The molecular weight excluding hydrogens is 248 g/mol. The van der Waals surface area contributed by atoms with Crippen molar-refractivity contribution in [1.29, 1.82) is 0 Å². The Bertz CT molecular complexity index is 540. The third-order valence-corrected chi connectivity index (χ3v) is 3.33. The summed E-state index contributed by atoms with van der Waals surface area (Å²) in [5, 5.41) is 7.96. The largest absolute Gasteiger partial charge is 0.378 e. The van der Waals surface area contributed by atoms with E-state index in [1.54, 1.807) is 0 Å². The van der Waals surface area contributed by atoms with Gasteiger partial charge in [0, 0.05) is 39.1 Å². The molecule has 0 radical (unpaired) electrons. The maximum atomic E-state index is 4.50. The van der Waals surface area contributed by atoms with E-state index in [2.05, 4.69) is 66.8 Å². The molecule has 0 saturated carbocycles. The van der Waals surface area contributed by atoms with Gasteiger partial charge < -0.3 is 10.2 Å². The van der Waals surface area contributed by atoms with E-state index in [0.29, 0.717) is 0 Å². The van der Waals surface area contributed by atoms with E-state index < -0.39 is 0 Å². The van der Waals surface area contributed by atoms with Crippen LogP contribution in [0.4, 0.5) is 11.4 Å². The second kappa shape index (κ2) is 6.46. The lowest BCUT2D eigenvalue weighted by Crippen LogP contribution is -2.08. The molecule has 1 heterocycles. The maximum absolute atomic E-state index is 4.50. The zero-order valence-electron chi connectivity index (χ0n) is 12.8. The number of hydrogen-bond acceptors (Lipinski definition) is 3. The predicted octanol–water partition coefficient (Wildman–Crippen LogP) is 3.28. The summed E-state index contributed by atoms with van der Waals surface area (Å²) in [7, 11) is 4.11. The second-order valence-corrected chi connectivity index (χ2v) is 5.31. The van der Waals surface area contributed by atoms with Crippen molar-refractivity contribution < 1.29 is 0 Å². The van der Waals surface area contributed by atoms with Crippen LogP contribution in [-0.4, -0.2) is 23.9 Å². The van der Waals surface area contributed by atoms with Crippen LogP contribution >= 0.6 is 0 Å². The lowest BCUT2D eigenvalue weighted by molar-refractivity contribution is 0.598. The molecule has 0 atom stereocenters. The average Bonchev–Trinajstić information content (AvgIpc) is 2.77. The molecule has 0 amide bonds. The number of benzene rings is 1. The summed E-state index contributed by atoms with van der Waals surface area (Å²) in [6.07, 6.45) is 3.19. The van der Waals surface area contributed by atoms with Gasteiger partial charge >= 0.3 is 0 Å². The van der Waals surface area contributed by atoms with Crippen LogP contribution in [0.15, 0.2) is 30.5 Å². The first-order valence-electron chi connectivity index (χ1n) is 7.14. The van der Waals surface area contributed by atoms with Gasteiger partial charge in [0.15, 0.2) is 0 Å². The average molecular weight is 272 g/mol. The Morgan fingerprint density at radius 1 is 1.20 bits per heavy atom. The number of anilines is 2. The molecule has 20 heavy (non-hydrogen) atoms. The minimum absolute atomic E-state index is 0.826. The minimum Gasteiger partial charge on any atom is -0.378 e. The topological polar surface area (TPSA) is 33.1 Å². The molecule has 108 valence electrons. The smallest absolute Gasteiger partial charge is 0.0825 e. The predicted molar refractivity (Wildman–Crippen MR) is 85.4 cm³/mol. The van der Waals surface area contributed by atoms with E-state index in [9.17, 15) is 0 Å².